The highest BCUT2D eigenvalue weighted by molar-refractivity contribution is 5.95. The molecule has 3 heteroatoms. The maximum Gasteiger partial charge on any atom is 0.253 e. The van der Waals surface area contributed by atoms with Crippen LogP contribution in [-0.2, 0) is 12.8 Å². The van der Waals surface area contributed by atoms with Gasteiger partial charge in [0.05, 0.1) is 0 Å². The third-order valence-electron chi connectivity index (χ3n) is 5.94. The molecule has 0 bridgehead atoms. The average Bonchev–Trinajstić information content (AvgIpc) is 2.96. The fraction of sp³-hybridized carbons (Fsp3) is 0.192. The number of nitrogens with zero attached hydrogens (tertiary/aromatic N) is 1. The summed E-state index contributed by atoms with van der Waals surface area (Å²) >= 11 is 0. The van der Waals surface area contributed by atoms with Gasteiger partial charge in [-0.15, -0.1) is 0 Å². The summed E-state index contributed by atoms with van der Waals surface area (Å²) in [7, 11) is 0. The molecule has 2 heterocycles. The summed E-state index contributed by atoms with van der Waals surface area (Å²) in [6, 6.07) is 24.8. The Bertz CT molecular complexity index is 1170. The second-order valence-electron chi connectivity index (χ2n) is 7.87. The van der Waals surface area contributed by atoms with Crippen molar-refractivity contribution in [3.8, 4) is 11.1 Å². The van der Waals surface area contributed by atoms with Gasteiger partial charge in [0, 0.05) is 41.7 Å². The zero-order valence-electron chi connectivity index (χ0n) is 16.6. The minimum atomic E-state index is 0.121. The first-order valence-electron chi connectivity index (χ1n) is 10.2. The lowest BCUT2D eigenvalue weighted by molar-refractivity contribution is 0.0763. The Morgan fingerprint density at radius 2 is 1.59 bits per heavy atom. The van der Waals surface area contributed by atoms with Crippen molar-refractivity contribution in [1.82, 2.24) is 9.88 Å². The molecular formula is C26H24N2O. The number of hydrogen-bond acceptors (Lipinski definition) is 1. The summed E-state index contributed by atoms with van der Waals surface area (Å²) in [6.45, 7) is 3.63. The third kappa shape index (κ3) is 3.33. The van der Waals surface area contributed by atoms with E-state index in [0.29, 0.717) is 0 Å². The van der Waals surface area contributed by atoms with Crippen LogP contribution in [0.4, 0.5) is 0 Å². The van der Waals surface area contributed by atoms with Crippen molar-refractivity contribution in [3.63, 3.8) is 0 Å². The van der Waals surface area contributed by atoms with E-state index in [1.807, 2.05) is 47.4 Å². The highest BCUT2D eigenvalue weighted by Crippen LogP contribution is 2.27. The van der Waals surface area contributed by atoms with Gasteiger partial charge in [0.2, 0.25) is 0 Å². The molecule has 1 amide bonds. The Hall–Kier alpha value is -3.33. The number of aromatic amines is 1. The molecule has 0 radical (unpaired) electrons. The molecule has 5 rings (SSSR count). The quantitative estimate of drug-likeness (QED) is 0.498. The molecule has 0 saturated carbocycles. The largest absolute Gasteiger partial charge is 0.358 e. The van der Waals surface area contributed by atoms with E-state index in [1.54, 1.807) is 0 Å². The highest BCUT2D eigenvalue weighted by atomic mass is 16.2. The monoisotopic (exact) mass is 380 g/mol. The molecule has 0 atom stereocenters. The summed E-state index contributed by atoms with van der Waals surface area (Å²) < 4.78 is 0. The van der Waals surface area contributed by atoms with Gasteiger partial charge in [-0.3, -0.25) is 4.79 Å². The van der Waals surface area contributed by atoms with Crippen molar-refractivity contribution in [2.75, 3.05) is 13.1 Å². The molecule has 0 saturated heterocycles. The van der Waals surface area contributed by atoms with Gasteiger partial charge < -0.3 is 9.88 Å². The van der Waals surface area contributed by atoms with Crippen LogP contribution >= 0.6 is 0 Å². The lowest BCUT2D eigenvalue weighted by atomic mass is 10.0. The summed E-state index contributed by atoms with van der Waals surface area (Å²) in [5, 5.41) is 1.31. The Balaban J connectivity index is 1.35. The standard InChI is InChI=1S/C26H24N2O/c1-18-7-12-24-23(17-18)22-13-15-28(16-14-25(22)27-24)26(29)21-10-8-20(9-11-21)19-5-3-2-4-6-19/h2-12,17,27H,13-16H2,1H3. The van der Waals surface area contributed by atoms with Crippen LogP contribution in [0.1, 0.15) is 27.2 Å². The first-order valence-corrected chi connectivity index (χ1v) is 10.2. The minimum absolute atomic E-state index is 0.121. The van der Waals surface area contributed by atoms with Crippen LogP contribution in [0.2, 0.25) is 0 Å². The molecule has 4 aromatic rings. The molecule has 0 unspecified atom stereocenters. The highest BCUT2D eigenvalue weighted by Gasteiger charge is 2.22. The van der Waals surface area contributed by atoms with Crippen molar-refractivity contribution in [2.24, 2.45) is 0 Å². The zero-order valence-corrected chi connectivity index (χ0v) is 16.6. The molecule has 0 aliphatic carbocycles. The maximum absolute atomic E-state index is 13.1. The van der Waals surface area contributed by atoms with Crippen molar-refractivity contribution < 1.29 is 4.79 Å². The predicted molar refractivity (Wildman–Crippen MR) is 118 cm³/mol. The number of benzene rings is 3. The van der Waals surface area contributed by atoms with E-state index >= 15 is 0 Å². The number of amides is 1. The van der Waals surface area contributed by atoms with Crippen LogP contribution < -0.4 is 0 Å². The molecule has 1 aliphatic heterocycles. The first-order chi connectivity index (χ1) is 14.2. The molecule has 0 fully saturated rings. The minimum Gasteiger partial charge on any atom is -0.358 e. The van der Waals surface area contributed by atoms with Crippen molar-refractivity contribution in [1.29, 1.82) is 0 Å². The lowest BCUT2D eigenvalue weighted by Crippen LogP contribution is -2.33. The molecular weight excluding hydrogens is 356 g/mol. The molecule has 144 valence electrons. The molecule has 3 nitrogen and oxygen atoms in total. The smallest absolute Gasteiger partial charge is 0.253 e. The van der Waals surface area contributed by atoms with Crippen molar-refractivity contribution >= 4 is 16.8 Å². The topological polar surface area (TPSA) is 36.1 Å². The van der Waals surface area contributed by atoms with E-state index in [4.69, 9.17) is 0 Å². The van der Waals surface area contributed by atoms with Gasteiger partial charge in [0.25, 0.3) is 5.91 Å². The number of nitrogens with one attached hydrogen (secondary N) is 1. The Kier molecular flexibility index (Phi) is 4.44. The Morgan fingerprint density at radius 1 is 0.862 bits per heavy atom. The van der Waals surface area contributed by atoms with Gasteiger partial charge in [-0.2, -0.15) is 0 Å². The zero-order chi connectivity index (χ0) is 19.8. The van der Waals surface area contributed by atoms with E-state index in [2.05, 4.69) is 42.2 Å². The van der Waals surface area contributed by atoms with E-state index < -0.39 is 0 Å². The summed E-state index contributed by atoms with van der Waals surface area (Å²) in [5.41, 5.74) is 8.19. The van der Waals surface area contributed by atoms with E-state index in [0.717, 1.165) is 37.1 Å². The number of aryl methyl sites for hydroxylation is 1. The maximum atomic E-state index is 13.1. The molecule has 29 heavy (non-hydrogen) atoms. The average molecular weight is 380 g/mol. The number of rotatable bonds is 2. The number of carbonyl (C=O) groups excluding carboxylic acids is 1. The number of carbonyl (C=O) groups is 1. The molecule has 3 aromatic carbocycles. The van der Waals surface area contributed by atoms with Crippen LogP contribution in [0.25, 0.3) is 22.0 Å². The fourth-order valence-electron chi connectivity index (χ4n) is 4.34. The van der Waals surface area contributed by atoms with Crippen LogP contribution in [0, 0.1) is 6.92 Å². The van der Waals surface area contributed by atoms with Gasteiger partial charge >= 0.3 is 0 Å². The second-order valence-corrected chi connectivity index (χ2v) is 7.87. The van der Waals surface area contributed by atoms with Gasteiger partial charge in [-0.25, -0.2) is 0 Å². The molecule has 0 spiro atoms. The summed E-state index contributed by atoms with van der Waals surface area (Å²) in [4.78, 5) is 18.7. The van der Waals surface area contributed by atoms with E-state index in [9.17, 15) is 4.79 Å². The van der Waals surface area contributed by atoms with Gasteiger partial charge in [-0.1, -0.05) is 54.1 Å². The van der Waals surface area contributed by atoms with Crippen LogP contribution in [-0.4, -0.2) is 28.9 Å². The molecule has 1 aromatic heterocycles. The van der Waals surface area contributed by atoms with Crippen molar-refractivity contribution in [2.45, 2.75) is 19.8 Å². The normalized spacial score (nSPS) is 13.9. The summed E-state index contributed by atoms with van der Waals surface area (Å²) in [6.07, 6.45) is 1.77. The lowest BCUT2D eigenvalue weighted by Gasteiger charge is -2.20. The van der Waals surface area contributed by atoms with Crippen LogP contribution in [0.5, 0.6) is 0 Å². The third-order valence-corrected chi connectivity index (χ3v) is 5.94. The fourth-order valence-corrected chi connectivity index (χ4v) is 4.34. The number of H-pyrrole nitrogens is 1. The predicted octanol–water partition coefficient (Wildman–Crippen LogP) is 5.38. The van der Waals surface area contributed by atoms with E-state index in [1.165, 1.54) is 33.3 Å². The summed E-state index contributed by atoms with van der Waals surface area (Å²) in [5.74, 6) is 0.121. The van der Waals surface area contributed by atoms with Gasteiger partial charge in [-0.05, 0) is 54.3 Å². The first kappa shape index (κ1) is 17.7. The Labute approximate surface area is 171 Å². The number of hydrogen-bond donors (Lipinski definition) is 1. The molecule has 1 aliphatic rings. The second kappa shape index (κ2) is 7.25. The Morgan fingerprint density at radius 3 is 2.38 bits per heavy atom. The van der Waals surface area contributed by atoms with Crippen LogP contribution in [0.3, 0.4) is 0 Å². The SMILES string of the molecule is Cc1ccc2[nH]c3c(c2c1)CCN(C(=O)c1ccc(-c2ccccc2)cc1)CC3. The van der Waals surface area contributed by atoms with Gasteiger partial charge in [0.1, 0.15) is 0 Å². The van der Waals surface area contributed by atoms with Crippen molar-refractivity contribution in [3.05, 3.63) is 95.2 Å². The van der Waals surface area contributed by atoms with Gasteiger partial charge in [0.15, 0.2) is 0 Å². The van der Waals surface area contributed by atoms with Crippen LogP contribution in [0.15, 0.2) is 72.8 Å². The number of aromatic nitrogens is 1. The number of fused-ring (bicyclic) bond motifs is 3. The van der Waals surface area contributed by atoms with E-state index in [-0.39, 0.29) is 5.91 Å². The molecule has 1 N–H and O–H groups in total.